The highest BCUT2D eigenvalue weighted by molar-refractivity contribution is 6.36. The summed E-state index contributed by atoms with van der Waals surface area (Å²) in [4.78, 5) is 26.5. The van der Waals surface area contributed by atoms with Crippen LogP contribution in [0.4, 0.5) is 4.79 Å². The van der Waals surface area contributed by atoms with Crippen LogP contribution in [0.3, 0.4) is 0 Å². The summed E-state index contributed by atoms with van der Waals surface area (Å²) < 4.78 is 5.12. The van der Waals surface area contributed by atoms with Crippen LogP contribution in [0, 0.1) is 5.92 Å². The molecule has 7 heteroatoms. The van der Waals surface area contributed by atoms with Gasteiger partial charge in [0, 0.05) is 35.6 Å². The Balaban J connectivity index is 1.46. The highest BCUT2D eigenvalue weighted by Gasteiger charge is 2.36. The van der Waals surface area contributed by atoms with Crippen LogP contribution >= 0.6 is 23.2 Å². The van der Waals surface area contributed by atoms with E-state index in [-0.39, 0.29) is 11.8 Å². The average Bonchev–Trinajstić information content (AvgIpc) is 3.17. The van der Waals surface area contributed by atoms with Crippen LogP contribution in [-0.4, -0.2) is 36.5 Å². The number of amides is 2. The van der Waals surface area contributed by atoms with Crippen LogP contribution in [0.1, 0.15) is 44.1 Å². The van der Waals surface area contributed by atoms with E-state index in [1.165, 1.54) is 26.3 Å². The molecular weight excluding hydrogens is 447 g/mol. The van der Waals surface area contributed by atoms with Gasteiger partial charge in [0.1, 0.15) is 5.75 Å². The summed E-state index contributed by atoms with van der Waals surface area (Å²) in [7, 11) is 1.51. The van der Waals surface area contributed by atoms with E-state index in [2.05, 4.69) is 10.2 Å². The fraction of sp³-hybridized carbons (Fsp3) is 0.440. The summed E-state index contributed by atoms with van der Waals surface area (Å²) in [6.07, 6.45) is 6.88. The highest BCUT2D eigenvalue weighted by atomic mass is 35.5. The van der Waals surface area contributed by atoms with Gasteiger partial charge in [0.15, 0.2) is 0 Å². The maximum atomic E-state index is 13.0. The zero-order valence-electron chi connectivity index (χ0n) is 18.2. The van der Waals surface area contributed by atoms with Gasteiger partial charge in [-0.05, 0) is 66.6 Å². The smallest absolute Gasteiger partial charge is 0.410 e. The molecule has 2 fully saturated rings. The van der Waals surface area contributed by atoms with Crippen molar-refractivity contribution in [3.8, 4) is 16.9 Å². The van der Waals surface area contributed by atoms with E-state index < -0.39 is 6.09 Å². The summed E-state index contributed by atoms with van der Waals surface area (Å²) in [6.45, 7) is 0.839. The molecule has 1 aliphatic carbocycles. The summed E-state index contributed by atoms with van der Waals surface area (Å²) in [5.74, 6) is 0.642. The molecule has 1 saturated heterocycles. The number of carbonyl (C=O) groups is 2. The fourth-order valence-electron chi connectivity index (χ4n) is 4.79. The van der Waals surface area contributed by atoms with Crippen molar-refractivity contribution in [3.05, 3.63) is 52.0 Å². The summed E-state index contributed by atoms with van der Waals surface area (Å²) in [6, 6.07) is 11.3. The Labute approximate surface area is 199 Å². The van der Waals surface area contributed by atoms with E-state index in [1.807, 2.05) is 24.3 Å². The second-order valence-corrected chi connectivity index (χ2v) is 9.41. The Morgan fingerprint density at radius 2 is 1.69 bits per heavy atom. The predicted molar refractivity (Wildman–Crippen MR) is 127 cm³/mol. The molecule has 0 aromatic heterocycles. The molecule has 2 aromatic carbocycles. The first kappa shape index (κ1) is 22.9. The SMILES string of the molecule is CNC(=O)Oc1ccc(-c2cc(Cl)c(CC3CCN(C4CCCCC4)C3=O)c(Cl)c2)cc1. The molecule has 170 valence electrons. The van der Waals surface area contributed by atoms with Gasteiger partial charge in [0.25, 0.3) is 0 Å². The molecule has 0 radical (unpaired) electrons. The molecule has 0 spiro atoms. The van der Waals surface area contributed by atoms with Crippen LogP contribution in [0.15, 0.2) is 36.4 Å². The summed E-state index contributed by atoms with van der Waals surface area (Å²) >= 11 is 13.3. The van der Waals surface area contributed by atoms with Crippen molar-refractivity contribution >= 4 is 35.2 Å². The van der Waals surface area contributed by atoms with Crippen LogP contribution in [0.2, 0.25) is 10.0 Å². The second kappa shape index (κ2) is 10.1. The Morgan fingerprint density at radius 1 is 1.03 bits per heavy atom. The molecule has 0 bridgehead atoms. The van der Waals surface area contributed by atoms with Crippen molar-refractivity contribution in [3.63, 3.8) is 0 Å². The van der Waals surface area contributed by atoms with Crippen molar-refractivity contribution in [2.75, 3.05) is 13.6 Å². The summed E-state index contributed by atoms with van der Waals surface area (Å²) in [5.41, 5.74) is 2.61. The number of ether oxygens (including phenoxy) is 1. The molecule has 32 heavy (non-hydrogen) atoms. The molecular formula is C25H28Cl2N2O3. The van der Waals surface area contributed by atoms with Gasteiger partial charge in [0.2, 0.25) is 5.91 Å². The zero-order valence-corrected chi connectivity index (χ0v) is 19.7. The number of carbonyl (C=O) groups excluding carboxylic acids is 2. The molecule has 4 rings (SSSR count). The lowest BCUT2D eigenvalue weighted by Gasteiger charge is -2.31. The van der Waals surface area contributed by atoms with Crippen LogP contribution in [-0.2, 0) is 11.2 Å². The summed E-state index contributed by atoms with van der Waals surface area (Å²) in [5, 5.41) is 3.55. The molecule has 2 aromatic rings. The topological polar surface area (TPSA) is 58.6 Å². The third-order valence-corrected chi connectivity index (χ3v) is 7.23. The van der Waals surface area contributed by atoms with E-state index in [9.17, 15) is 9.59 Å². The van der Waals surface area contributed by atoms with E-state index in [4.69, 9.17) is 27.9 Å². The Kier molecular flexibility index (Phi) is 7.27. The molecule has 5 nitrogen and oxygen atoms in total. The van der Waals surface area contributed by atoms with Gasteiger partial charge in [-0.15, -0.1) is 0 Å². The highest BCUT2D eigenvalue weighted by Crippen LogP contribution is 2.37. The van der Waals surface area contributed by atoms with Crippen molar-refractivity contribution < 1.29 is 14.3 Å². The molecule has 1 N–H and O–H groups in total. The van der Waals surface area contributed by atoms with Crippen molar-refractivity contribution in [2.24, 2.45) is 5.92 Å². The van der Waals surface area contributed by atoms with E-state index in [0.717, 1.165) is 42.5 Å². The normalized spacial score (nSPS) is 19.3. The number of hydrogen-bond donors (Lipinski definition) is 1. The van der Waals surface area contributed by atoms with Crippen molar-refractivity contribution in [2.45, 2.75) is 51.0 Å². The molecule has 2 aliphatic rings. The fourth-order valence-corrected chi connectivity index (χ4v) is 5.43. The molecule has 1 saturated carbocycles. The van der Waals surface area contributed by atoms with Crippen LogP contribution < -0.4 is 10.1 Å². The van der Waals surface area contributed by atoms with Crippen LogP contribution in [0.5, 0.6) is 5.75 Å². The Hall–Kier alpha value is -2.24. The Bertz CT molecular complexity index is 964. The largest absolute Gasteiger partial charge is 0.412 e. The molecule has 1 aliphatic heterocycles. The number of nitrogens with zero attached hydrogens (tertiary/aromatic N) is 1. The van der Waals surface area contributed by atoms with E-state index >= 15 is 0 Å². The van der Waals surface area contributed by atoms with Gasteiger partial charge in [0.05, 0.1) is 0 Å². The molecule has 2 amide bonds. The molecule has 1 unspecified atom stereocenters. The quantitative estimate of drug-likeness (QED) is 0.568. The predicted octanol–water partition coefficient (Wildman–Crippen LogP) is 6.10. The maximum Gasteiger partial charge on any atom is 0.412 e. The minimum absolute atomic E-state index is 0.0566. The first-order valence-electron chi connectivity index (χ1n) is 11.2. The molecule has 1 atom stereocenters. The van der Waals surface area contributed by atoms with Gasteiger partial charge in [-0.1, -0.05) is 54.6 Å². The number of rotatable bonds is 5. The minimum Gasteiger partial charge on any atom is -0.410 e. The van der Waals surface area contributed by atoms with Gasteiger partial charge in [-0.25, -0.2) is 4.79 Å². The van der Waals surface area contributed by atoms with Gasteiger partial charge in [-0.3, -0.25) is 4.79 Å². The van der Waals surface area contributed by atoms with E-state index in [0.29, 0.717) is 28.3 Å². The minimum atomic E-state index is -0.517. The number of nitrogens with one attached hydrogen (secondary N) is 1. The lowest BCUT2D eigenvalue weighted by Crippen LogP contribution is -2.39. The third kappa shape index (κ3) is 5.05. The average molecular weight is 475 g/mol. The molecule has 1 heterocycles. The van der Waals surface area contributed by atoms with E-state index in [1.54, 1.807) is 12.1 Å². The van der Waals surface area contributed by atoms with Gasteiger partial charge >= 0.3 is 6.09 Å². The van der Waals surface area contributed by atoms with Crippen LogP contribution in [0.25, 0.3) is 11.1 Å². The second-order valence-electron chi connectivity index (χ2n) is 8.60. The van der Waals surface area contributed by atoms with Crippen molar-refractivity contribution in [1.29, 1.82) is 0 Å². The lowest BCUT2D eigenvalue weighted by molar-refractivity contribution is -0.133. The van der Waals surface area contributed by atoms with Gasteiger partial charge in [-0.2, -0.15) is 0 Å². The number of benzene rings is 2. The monoisotopic (exact) mass is 474 g/mol. The third-order valence-electron chi connectivity index (χ3n) is 6.56. The first-order valence-corrected chi connectivity index (χ1v) is 12.0. The first-order chi connectivity index (χ1) is 15.5. The number of halogens is 2. The number of likely N-dealkylation sites (tertiary alicyclic amines) is 1. The zero-order chi connectivity index (χ0) is 22.7. The van der Waals surface area contributed by atoms with Gasteiger partial charge < -0.3 is 15.0 Å². The standard InChI is InChI=1S/C25H28Cl2N2O3/c1-28-25(31)32-20-9-7-16(8-10-20)18-14-22(26)21(23(27)15-18)13-17-11-12-29(24(17)30)19-5-3-2-4-6-19/h7-10,14-15,17,19H,2-6,11-13H2,1H3,(H,28,31). The van der Waals surface area contributed by atoms with Crippen molar-refractivity contribution in [1.82, 2.24) is 10.2 Å². The maximum absolute atomic E-state index is 13.0. The lowest BCUT2D eigenvalue weighted by atomic mass is 9.93. The number of hydrogen-bond acceptors (Lipinski definition) is 3. The Morgan fingerprint density at radius 3 is 2.31 bits per heavy atom.